The number of carbonyl (C=O) groups excluding carboxylic acids is 1. The number of nitrogens with zero attached hydrogens (tertiary/aromatic N) is 1. The van der Waals surface area contributed by atoms with E-state index in [0.29, 0.717) is 6.61 Å². The van der Waals surface area contributed by atoms with Crippen molar-refractivity contribution < 1.29 is 9.53 Å². The second-order valence-electron chi connectivity index (χ2n) is 3.40. The SMILES string of the molecule is CCCCCCc1ncsc1CO[C]=O. The summed E-state index contributed by atoms with van der Waals surface area (Å²) in [6.07, 6.45) is 5.91. The van der Waals surface area contributed by atoms with Gasteiger partial charge in [-0.15, -0.1) is 11.3 Å². The van der Waals surface area contributed by atoms with Crippen molar-refractivity contribution in [3.63, 3.8) is 0 Å². The Morgan fingerprint density at radius 2 is 2.33 bits per heavy atom. The Bertz CT molecular complexity index is 286. The van der Waals surface area contributed by atoms with Gasteiger partial charge in [-0.05, 0) is 12.8 Å². The Labute approximate surface area is 94.5 Å². The fourth-order valence-corrected chi connectivity index (χ4v) is 2.15. The molecule has 1 rings (SSSR count). The van der Waals surface area contributed by atoms with Crippen LogP contribution in [0.25, 0.3) is 0 Å². The lowest BCUT2D eigenvalue weighted by Crippen LogP contribution is -1.94. The molecule has 0 spiro atoms. The minimum Gasteiger partial charge on any atom is -0.451 e. The Balaban J connectivity index is 2.32. The number of hydrogen-bond donors (Lipinski definition) is 0. The van der Waals surface area contributed by atoms with Gasteiger partial charge in [0.15, 0.2) is 0 Å². The van der Waals surface area contributed by atoms with Gasteiger partial charge in [-0.2, -0.15) is 0 Å². The molecule has 0 saturated carbocycles. The maximum absolute atomic E-state index is 9.95. The first kappa shape index (κ1) is 12.2. The highest BCUT2D eigenvalue weighted by Gasteiger charge is 2.06. The Hall–Kier alpha value is -0.900. The van der Waals surface area contributed by atoms with E-state index in [1.807, 2.05) is 0 Å². The summed E-state index contributed by atoms with van der Waals surface area (Å²) in [5, 5.41) is 0. The zero-order chi connectivity index (χ0) is 10.9. The largest absolute Gasteiger partial charge is 0.451 e. The summed E-state index contributed by atoms with van der Waals surface area (Å²) in [6, 6.07) is 0. The van der Waals surface area contributed by atoms with Crippen LogP contribution in [0.4, 0.5) is 0 Å². The van der Waals surface area contributed by atoms with Crippen LogP contribution in [0.2, 0.25) is 0 Å². The topological polar surface area (TPSA) is 39.2 Å². The van der Waals surface area contributed by atoms with Crippen LogP contribution in [-0.4, -0.2) is 11.5 Å². The van der Waals surface area contributed by atoms with E-state index in [-0.39, 0.29) is 0 Å². The molecule has 0 aliphatic carbocycles. The van der Waals surface area contributed by atoms with E-state index in [4.69, 9.17) is 0 Å². The fraction of sp³-hybridized carbons (Fsp3) is 0.636. The van der Waals surface area contributed by atoms with Crippen LogP contribution in [0.3, 0.4) is 0 Å². The van der Waals surface area contributed by atoms with E-state index < -0.39 is 0 Å². The summed E-state index contributed by atoms with van der Waals surface area (Å²) in [6.45, 7) is 3.95. The molecule has 0 aromatic carbocycles. The summed E-state index contributed by atoms with van der Waals surface area (Å²) >= 11 is 1.54. The molecule has 1 radical (unpaired) electrons. The average molecular weight is 226 g/mol. The van der Waals surface area contributed by atoms with E-state index in [1.165, 1.54) is 37.1 Å². The summed E-state index contributed by atoms with van der Waals surface area (Å²) in [7, 11) is 0. The lowest BCUT2D eigenvalue weighted by atomic mass is 10.1. The van der Waals surface area contributed by atoms with Gasteiger partial charge in [-0.25, -0.2) is 9.78 Å². The molecule has 0 unspecified atom stereocenters. The van der Waals surface area contributed by atoms with Gasteiger partial charge in [0.25, 0.3) is 0 Å². The van der Waals surface area contributed by atoms with Gasteiger partial charge < -0.3 is 4.74 Å². The van der Waals surface area contributed by atoms with Crippen molar-refractivity contribution in [3.8, 4) is 0 Å². The van der Waals surface area contributed by atoms with Gasteiger partial charge in [-0.1, -0.05) is 26.2 Å². The minimum absolute atomic E-state index is 0.317. The van der Waals surface area contributed by atoms with Crippen LogP contribution in [0.1, 0.15) is 43.2 Å². The molecule has 1 heterocycles. The summed E-state index contributed by atoms with van der Waals surface area (Å²) < 4.78 is 4.61. The second kappa shape index (κ2) is 7.40. The molecule has 4 heteroatoms. The van der Waals surface area contributed by atoms with Crippen LogP contribution >= 0.6 is 11.3 Å². The molecular formula is C11H16NO2S. The molecule has 83 valence electrons. The number of thiazole rings is 1. The lowest BCUT2D eigenvalue weighted by molar-refractivity contribution is 0.268. The number of aryl methyl sites for hydroxylation is 1. The van der Waals surface area contributed by atoms with Crippen LogP contribution < -0.4 is 0 Å². The Morgan fingerprint density at radius 3 is 3.07 bits per heavy atom. The van der Waals surface area contributed by atoms with Crippen LogP contribution in [-0.2, 0) is 22.6 Å². The monoisotopic (exact) mass is 226 g/mol. The molecule has 0 aliphatic rings. The third-order valence-electron chi connectivity index (χ3n) is 2.25. The lowest BCUT2D eigenvalue weighted by Gasteiger charge is -2.00. The highest BCUT2D eigenvalue weighted by molar-refractivity contribution is 7.09. The molecule has 0 aliphatic heterocycles. The van der Waals surface area contributed by atoms with Crippen LogP contribution in [0.5, 0.6) is 0 Å². The average Bonchev–Trinajstić information content (AvgIpc) is 2.69. The zero-order valence-electron chi connectivity index (χ0n) is 8.99. The normalized spacial score (nSPS) is 10.2. The predicted molar refractivity (Wildman–Crippen MR) is 60.4 cm³/mol. The maximum atomic E-state index is 9.95. The molecule has 0 bridgehead atoms. The van der Waals surface area contributed by atoms with Gasteiger partial charge in [0.1, 0.15) is 6.61 Å². The third kappa shape index (κ3) is 4.42. The Kier molecular flexibility index (Phi) is 6.00. The molecule has 3 nitrogen and oxygen atoms in total. The van der Waals surface area contributed by atoms with Crippen molar-refractivity contribution in [1.29, 1.82) is 0 Å². The van der Waals surface area contributed by atoms with Crippen molar-refractivity contribution in [2.45, 2.75) is 45.6 Å². The highest BCUT2D eigenvalue weighted by atomic mass is 32.1. The van der Waals surface area contributed by atoms with Gasteiger partial charge in [0, 0.05) is 0 Å². The quantitative estimate of drug-likeness (QED) is 0.640. The van der Waals surface area contributed by atoms with Crippen LogP contribution in [0.15, 0.2) is 5.51 Å². The van der Waals surface area contributed by atoms with E-state index >= 15 is 0 Å². The standard InChI is InChI=1S/C11H16NO2S/c1-2-3-4-5-6-10-11(7-14-9-13)15-8-12-10/h8H,2-7H2,1H3. The van der Waals surface area contributed by atoms with Crippen molar-refractivity contribution >= 4 is 17.8 Å². The fourth-order valence-electron chi connectivity index (χ4n) is 1.43. The van der Waals surface area contributed by atoms with Crippen molar-refractivity contribution in [1.82, 2.24) is 4.98 Å². The number of rotatable bonds is 8. The number of hydrogen-bond acceptors (Lipinski definition) is 4. The number of aromatic nitrogens is 1. The van der Waals surface area contributed by atoms with Gasteiger partial charge in [0.05, 0.1) is 16.1 Å². The molecule has 0 atom stereocenters. The minimum atomic E-state index is 0.317. The van der Waals surface area contributed by atoms with E-state index in [0.717, 1.165) is 23.4 Å². The van der Waals surface area contributed by atoms with Crippen molar-refractivity contribution in [3.05, 3.63) is 16.1 Å². The molecule has 0 saturated heterocycles. The molecule has 0 amide bonds. The summed E-state index contributed by atoms with van der Waals surface area (Å²) in [5.41, 5.74) is 2.88. The summed E-state index contributed by atoms with van der Waals surface area (Å²) in [5.74, 6) is 0. The van der Waals surface area contributed by atoms with Crippen molar-refractivity contribution in [2.75, 3.05) is 0 Å². The molecule has 1 aromatic heterocycles. The maximum Gasteiger partial charge on any atom is 0.417 e. The first-order valence-electron chi connectivity index (χ1n) is 5.28. The van der Waals surface area contributed by atoms with E-state index in [2.05, 4.69) is 16.6 Å². The molecular weight excluding hydrogens is 210 g/mol. The smallest absolute Gasteiger partial charge is 0.417 e. The molecule has 0 fully saturated rings. The number of ether oxygens (including phenoxy) is 1. The van der Waals surface area contributed by atoms with Gasteiger partial charge >= 0.3 is 6.47 Å². The predicted octanol–water partition coefficient (Wildman–Crippen LogP) is 2.85. The second-order valence-corrected chi connectivity index (χ2v) is 4.34. The van der Waals surface area contributed by atoms with Gasteiger partial charge in [0.2, 0.25) is 0 Å². The van der Waals surface area contributed by atoms with E-state index in [9.17, 15) is 4.79 Å². The molecule has 15 heavy (non-hydrogen) atoms. The first-order valence-corrected chi connectivity index (χ1v) is 6.16. The third-order valence-corrected chi connectivity index (χ3v) is 3.10. The summed E-state index contributed by atoms with van der Waals surface area (Å²) in [4.78, 5) is 15.3. The highest BCUT2D eigenvalue weighted by Crippen LogP contribution is 2.17. The first-order chi connectivity index (χ1) is 7.38. The van der Waals surface area contributed by atoms with Gasteiger partial charge in [-0.3, -0.25) is 0 Å². The van der Waals surface area contributed by atoms with Crippen molar-refractivity contribution in [2.24, 2.45) is 0 Å². The number of unbranched alkanes of at least 4 members (excludes halogenated alkanes) is 3. The van der Waals surface area contributed by atoms with E-state index in [1.54, 1.807) is 5.51 Å². The molecule has 1 aromatic rings. The van der Waals surface area contributed by atoms with Crippen LogP contribution in [0, 0.1) is 0 Å². The zero-order valence-corrected chi connectivity index (χ0v) is 9.81. The molecule has 0 N–H and O–H groups in total. The Morgan fingerprint density at radius 1 is 1.47 bits per heavy atom.